The predicted octanol–water partition coefficient (Wildman–Crippen LogP) is 0.553. The lowest BCUT2D eigenvalue weighted by molar-refractivity contribution is 0.121. The lowest BCUT2D eigenvalue weighted by atomic mass is 10.1. The van der Waals surface area contributed by atoms with Crippen molar-refractivity contribution in [3.8, 4) is 0 Å². The first-order valence-electron chi connectivity index (χ1n) is 4.67. The van der Waals surface area contributed by atoms with E-state index in [-0.39, 0.29) is 12.1 Å². The Balaban J connectivity index is 1.91. The molecule has 14 heavy (non-hydrogen) atoms. The number of hydrogen-bond donors (Lipinski definition) is 2. The van der Waals surface area contributed by atoms with E-state index in [9.17, 15) is 5.11 Å². The number of aliphatic hydroxyl groups excluding tert-OH is 1. The second-order valence-corrected chi connectivity index (χ2v) is 4.23. The lowest BCUT2D eigenvalue weighted by Crippen LogP contribution is -2.40. The molecule has 1 aliphatic heterocycles. The molecule has 3 unspecified atom stereocenters. The molecule has 3 atom stereocenters. The number of nitrogens with one attached hydrogen (secondary N) is 1. The molecule has 0 amide bonds. The summed E-state index contributed by atoms with van der Waals surface area (Å²) in [4.78, 5) is 4.22. The summed E-state index contributed by atoms with van der Waals surface area (Å²) in [5.41, 5.74) is 2.84. The van der Waals surface area contributed by atoms with E-state index in [2.05, 4.69) is 10.3 Å². The largest absolute Gasteiger partial charge is 0.389 e. The van der Waals surface area contributed by atoms with Crippen LogP contribution >= 0.6 is 11.3 Å². The molecule has 0 aromatic carbocycles. The third-order valence-electron chi connectivity index (χ3n) is 2.41. The fourth-order valence-corrected chi connectivity index (χ4v) is 2.19. The highest BCUT2D eigenvalue weighted by Crippen LogP contribution is 2.15. The van der Waals surface area contributed by atoms with Crippen molar-refractivity contribution in [1.82, 2.24) is 10.3 Å². The van der Waals surface area contributed by atoms with Gasteiger partial charge in [0.15, 0.2) is 0 Å². The summed E-state index contributed by atoms with van der Waals surface area (Å²) in [6.45, 7) is 3.05. The van der Waals surface area contributed by atoms with E-state index < -0.39 is 6.10 Å². The molecule has 0 aliphatic carbocycles. The molecule has 2 N–H and O–H groups in total. The average molecular weight is 214 g/mol. The van der Waals surface area contributed by atoms with Gasteiger partial charge in [-0.2, -0.15) is 0 Å². The minimum Gasteiger partial charge on any atom is -0.389 e. The maximum atomic E-state index is 9.53. The Kier molecular flexibility index (Phi) is 3.12. The van der Waals surface area contributed by atoms with E-state index in [0.29, 0.717) is 13.2 Å². The van der Waals surface area contributed by atoms with Gasteiger partial charge in [0, 0.05) is 11.4 Å². The molecule has 78 valence electrons. The van der Waals surface area contributed by atoms with Gasteiger partial charge < -0.3 is 15.2 Å². The molecule has 1 aliphatic rings. The van der Waals surface area contributed by atoms with E-state index >= 15 is 0 Å². The Morgan fingerprint density at radius 1 is 1.71 bits per heavy atom. The molecular weight excluding hydrogens is 200 g/mol. The second-order valence-electron chi connectivity index (χ2n) is 3.51. The molecule has 2 rings (SSSR count). The van der Waals surface area contributed by atoms with Gasteiger partial charge in [-0.3, -0.25) is 0 Å². The lowest BCUT2D eigenvalue weighted by Gasteiger charge is -2.19. The third-order valence-corrected chi connectivity index (χ3v) is 3.01. The number of thiazole rings is 1. The van der Waals surface area contributed by atoms with Crippen LogP contribution in [0.1, 0.15) is 18.7 Å². The first kappa shape index (κ1) is 10.0. The Labute approximate surface area is 86.9 Å². The summed E-state index contributed by atoms with van der Waals surface area (Å²) in [5, 5.41) is 14.8. The quantitative estimate of drug-likeness (QED) is 0.771. The summed E-state index contributed by atoms with van der Waals surface area (Å²) in [6.07, 6.45) is -0.393. The topological polar surface area (TPSA) is 54.4 Å². The van der Waals surface area contributed by atoms with Gasteiger partial charge in [-0.25, -0.2) is 4.98 Å². The van der Waals surface area contributed by atoms with Gasteiger partial charge in [-0.1, -0.05) is 0 Å². The SMILES string of the molecule is CC(NC1COCC1O)c1cscn1. The fraction of sp³-hybridized carbons (Fsp3) is 0.667. The highest BCUT2D eigenvalue weighted by Gasteiger charge is 2.27. The van der Waals surface area contributed by atoms with Crippen LogP contribution in [0.15, 0.2) is 10.9 Å². The smallest absolute Gasteiger partial charge is 0.0948 e. The Morgan fingerprint density at radius 3 is 3.14 bits per heavy atom. The maximum Gasteiger partial charge on any atom is 0.0948 e. The Morgan fingerprint density at radius 2 is 2.57 bits per heavy atom. The molecule has 4 nitrogen and oxygen atoms in total. The minimum absolute atomic E-state index is 0.0340. The van der Waals surface area contributed by atoms with Crippen molar-refractivity contribution in [1.29, 1.82) is 0 Å². The Bertz CT molecular complexity index is 278. The van der Waals surface area contributed by atoms with Crippen molar-refractivity contribution < 1.29 is 9.84 Å². The molecule has 0 bridgehead atoms. The Hall–Kier alpha value is -0.490. The van der Waals surface area contributed by atoms with Gasteiger partial charge in [-0.15, -0.1) is 11.3 Å². The molecule has 0 spiro atoms. The predicted molar refractivity (Wildman–Crippen MR) is 54.3 cm³/mol. The molecule has 0 radical (unpaired) electrons. The van der Waals surface area contributed by atoms with Crippen LogP contribution in [-0.2, 0) is 4.74 Å². The third kappa shape index (κ3) is 2.12. The van der Waals surface area contributed by atoms with Crippen molar-refractivity contribution in [3.05, 3.63) is 16.6 Å². The zero-order valence-corrected chi connectivity index (χ0v) is 8.83. The number of nitrogens with zero attached hydrogens (tertiary/aromatic N) is 1. The van der Waals surface area contributed by atoms with Crippen molar-refractivity contribution in [3.63, 3.8) is 0 Å². The highest BCUT2D eigenvalue weighted by atomic mass is 32.1. The van der Waals surface area contributed by atoms with Gasteiger partial charge in [-0.05, 0) is 6.92 Å². The normalized spacial score (nSPS) is 29.3. The fourth-order valence-electron chi connectivity index (χ4n) is 1.54. The van der Waals surface area contributed by atoms with Gasteiger partial charge in [0.2, 0.25) is 0 Å². The van der Waals surface area contributed by atoms with Crippen LogP contribution in [0.2, 0.25) is 0 Å². The zero-order valence-electron chi connectivity index (χ0n) is 8.01. The first-order valence-corrected chi connectivity index (χ1v) is 5.61. The number of aromatic nitrogens is 1. The van der Waals surface area contributed by atoms with Crippen LogP contribution < -0.4 is 5.32 Å². The molecule has 2 heterocycles. The summed E-state index contributed by atoms with van der Waals surface area (Å²) in [6, 6.07) is 0.203. The van der Waals surface area contributed by atoms with Crippen molar-refractivity contribution in [2.24, 2.45) is 0 Å². The van der Waals surface area contributed by atoms with Crippen LogP contribution in [-0.4, -0.2) is 35.5 Å². The minimum atomic E-state index is -0.393. The van der Waals surface area contributed by atoms with E-state index in [0.717, 1.165) is 5.69 Å². The van der Waals surface area contributed by atoms with Crippen molar-refractivity contribution in [2.75, 3.05) is 13.2 Å². The van der Waals surface area contributed by atoms with E-state index in [1.54, 1.807) is 11.3 Å². The van der Waals surface area contributed by atoms with Crippen molar-refractivity contribution in [2.45, 2.75) is 25.1 Å². The van der Waals surface area contributed by atoms with Crippen LogP contribution in [0.3, 0.4) is 0 Å². The van der Waals surface area contributed by atoms with Gasteiger partial charge in [0.25, 0.3) is 0 Å². The maximum absolute atomic E-state index is 9.53. The van der Waals surface area contributed by atoms with E-state index in [1.807, 2.05) is 17.8 Å². The molecule has 5 heteroatoms. The standard InChI is InChI=1S/C9H14N2O2S/c1-6(8-4-14-5-10-8)11-7-2-13-3-9(7)12/h4-7,9,11-12H,2-3H2,1H3. The van der Waals surface area contributed by atoms with Gasteiger partial charge >= 0.3 is 0 Å². The molecular formula is C9H14N2O2S. The number of aliphatic hydroxyl groups is 1. The van der Waals surface area contributed by atoms with Crippen LogP contribution in [0.5, 0.6) is 0 Å². The van der Waals surface area contributed by atoms with Gasteiger partial charge in [0.1, 0.15) is 0 Å². The monoisotopic (exact) mass is 214 g/mol. The van der Waals surface area contributed by atoms with Crippen molar-refractivity contribution >= 4 is 11.3 Å². The summed E-state index contributed by atoms with van der Waals surface area (Å²) in [7, 11) is 0. The number of rotatable bonds is 3. The molecule has 1 aromatic rings. The highest BCUT2D eigenvalue weighted by molar-refractivity contribution is 7.07. The van der Waals surface area contributed by atoms with Crippen LogP contribution in [0.25, 0.3) is 0 Å². The number of ether oxygens (including phenoxy) is 1. The summed E-state index contributed by atoms with van der Waals surface area (Å²) in [5.74, 6) is 0. The summed E-state index contributed by atoms with van der Waals surface area (Å²) < 4.78 is 5.16. The number of hydrogen-bond acceptors (Lipinski definition) is 5. The van der Waals surface area contributed by atoms with Gasteiger partial charge in [0.05, 0.1) is 36.6 Å². The van der Waals surface area contributed by atoms with E-state index in [4.69, 9.17) is 4.74 Å². The van der Waals surface area contributed by atoms with E-state index in [1.165, 1.54) is 0 Å². The molecule has 1 fully saturated rings. The molecule has 0 saturated carbocycles. The first-order chi connectivity index (χ1) is 6.77. The zero-order chi connectivity index (χ0) is 9.97. The summed E-state index contributed by atoms with van der Waals surface area (Å²) >= 11 is 1.58. The average Bonchev–Trinajstić information content (AvgIpc) is 2.77. The molecule has 1 aromatic heterocycles. The van der Waals surface area contributed by atoms with Crippen LogP contribution in [0.4, 0.5) is 0 Å². The second kappa shape index (κ2) is 4.35. The van der Waals surface area contributed by atoms with Crippen LogP contribution in [0, 0.1) is 0 Å². The molecule has 1 saturated heterocycles.